The monoisotopic (exact) mass is 294 g/mol. The van der Waals surface area contributed by atoms with E-state index in [9.17, 15) is 4.79 Å². The Hall–Kier alpha value is -3.07. The fourth-order valence-corrected chi connectivity index (χ4v) is 1.95. The molecule has 6 nitrogen and oxygen atoms in total. The first-order valence-corrected chi connectivity index (χ1v) is 6.87. The van der Waals surface area contributed by atoms with Gasteiger partial charge in [0.1, 0.15) is 17.3 Å². The third-order valence-electron chi connectivity index (χ3n) is 3.26. The molecule has 1 fully saturated rings. The van der Waals surface area contributed by atoms with E-state index < -0.39 is 0 Å². The first kappa shape index (κ1) is 13.9. The number of nitrogen functional groups attached to an aromatic ring is 1. The van der Waals surface area contributed by atoms with Gasteiger partial charge in [0.2, 0.25) is 11.6 Å². The molecule has 0 bridgehead atoms. The number of anilines is 2. The summed E-state index contributed by atoms with van der Waals surface area (Å²) in [5.41, 5.74) is 6.49. The number of carbonyl (C=O) groups is 1. The quantitative estimate of drug-likeness (QED) is 0.669. The van der Waals surface area contributed by atoms with Crippen molar-refractivity contribution in [2.75, 3.05) is 11.1 Å². The zero-order valence-electron chi connectivity index (χ0n) is 11.7. The highest BCUT2D eigenvalue weighted by atomic mass is 16.5. The second-order valence-corrected chi connectivity index (χ2v) is 5.08. The fraction of sp³-hybridized carbons (Fsp3) is 0.188. The lowest BCUT2D eigenvalue weighted by atomic mass is 10.2. The molecule has 1 aromatic heterocycles. The molecule has 0 unspecified atom stereocenters. The summed E-state index contributed by atoms with van der Waals surface area (Å²) in [5.74, 6) is 1.44. The molecule has 0 aliphatic heterocycles. The predicted molar refractivity (Wildman–Crippen MR) is 82.8 cm³/mol. The molecule has 1 amide bonds. The van der Waals surface area contributed by atoms with Crippen molar-refractivity contribution in [2.45, 2.75) is 12.8 Å². The lowest BCUT2D eigenvalue weighted by Gasteiger charge is -2.10. The Morgan fingerprint density at radius 2 is 2.18 bits per heavy atom. The number of hydrogen-bond donors (Lipinski definition) is 2. The SMILES string of the molecule is [C-]#[N+]c1cc(N)ccc1Oc1ccnc(NC(=O)C2CC2)c1. The summed E-state index contributed by atoms with van der Waals surface area (Å²) in [4.78, 5) is 19.2. The van der Waals surface area contributed by atoms with E-state index in [0.717, 1.165) is 12.8 Å². The van der Waals surface area contributed by atoms with Gasteiger partial charge in [0.15, 0.2) is 0 Å². The summed E-state index contributed by atoms with van der Waals surface area (Å²) in [6.45, 7) is 7.16. The largest absolute Gasteiger partial charge is 0.468 e. The molecular weight excluding hydrogens is 280 g/mol. The second-order valence-electron chi connectivity index (χ2n) is 5.08. The molecular formula is C16H14N4O2. The smallest absolute Gasteiger partial charge is 0.230 e. The van der Waals surface area contributed by atoms with Crippen molar-refractivity contribution in [1.82, 2.24) is 4.98 Å². The molecule has 6 heteroatoms. The van der Waals surface area contributed by atoms with Gasteiger partial charge in [0.25, 0.3) is 0 Å². The van der Waals surface area contributed by atoms with Crippen molar-refractivity contribution < 1.29 is 9.53 Å². The van der Waals surface area contributed by atoms with Crippen LogP contribution in [0.4, 0.5) is 17.2 Å². The molecule has 0 spiro atoms. The number of carbonyl (C=O) groups excluding carboxylic acids is 1. The molecule has 1 heterocycles. The van der Waals surface area contributed by atoms with Crippen LogP contribution in [0.2, 0.25) is 0 Å². The summed E-state index contributed by atoms with van der Waals surface area (Å²) >= 11 is 0. The number of amides is 1. The van der Waals surface area contributed by atoms with Crippen molar-refractivity contribution in [2.24, 2.45) is 5.92 Å². The Kier molecular flexibility index (Phi) is 3.62. The number of nitrogens with zero attached hydrogens (tertiary/aromatic N) is 2. The van der Waals surface area contributed by atoms with Gasteiger partial charge in [0.05, 0.1) is 6.57 Å². The summed E-state index contributed by atoms with van der Waals surface area (Å²) in [6.07, 6.45) is 3.41. The third-order valence-corrected chi connectivity index (χ3v) is 3.26. The molecule has 1 aliphatic rings. The van der Waals surface area contributed by atoms with Crippen molar-refractivity contribution in [1.29, 1.82) is 0 Å². The maximum absolute atomic E-state index is 11.7. The number of nitrogens with one attached hydrogen (secondary N) is 1. The fourth-order valence-electron chi connectivity index (χ4n) is 1.95. The van der Waals surface area contributed by atoms with Gasteiger partial charge in [0, 0.05) is 23.9 Å². The molecule has 0 saturated heterocycles. The maximum atomic E-state index is 11.7. The number of ether oxygens (including phenoxy) is 1. The van der Waals surface area contributed by atoms with Gasteiger partial charge in [-0.25, -0.2) is 9.83 Å². The van der Waals surface area contributed by atoms with Crippen LogP contribution in [0.1, 0.15) is 12.8 Å². The molecule has 3 rings (SSSR count). The standard InChI is InChI=1S/C16H14N4O2/c1-18-13-8-11(17)4-5-14(13)22-12-6-7-19-15(9-12)20-16(21)10-2-3-10/h4-10H,2-3,17H2,(H,19,20,21). The van der Waals surface area contributed by atoms with Gasteiger partial charge >= 0.3 is 0 Å². The number of aromatic nitrogens is 1. The third kappa shape index (κ3) is 3.15. The number of pyridine rings is 1. The first-order valence-electron chi connectivity index (χ1n) is 6.87. The topological polar surface area (TPSA) is 81.6 Å². The number of nitrogens with two attached hydrogens (primary N) is 1. The number of rotatable bonds is 4. The van der Waals surface area contributed by atoms with Crippen LogP contribution in [-0.4, -0.2) is 10.9 Å². The highest BCUT2D eigenvalue weighted by Crippen LogP contribution is 2.34. The number of benzene rings is 1. The average Bonchev–Trinajstić information content (AvgIpc) is 3.34. The zero-order chi connectivity index (χ0) is 15.5. The van der Waals surface area contributed by atoms with Crippen molar-refractivity contribution >= 4 is 23.1 Å². The van der Waals surface area contributed by atoms with Crippen LogP contribution in [0, 0.1) is 12.5 Å². The molecule has 0 atom stereocenters. The summed E-state index contributed by atoms with van der Waals surface area (Å²) in [6, 6.07) is 8.16. The average molecular weight is 294 g/mol. The van der Waals surface area contributed by atoms with Crippen LogP contribution in [0.5, 0.6) is 11.5 Å². The zero-order valence-corrected chi connectivity index (χ0v) is 11.7. The molecule has 2 aromatic rings. The van der Waals surface area contributed by atoms with Gasteiger partial charge in [-0.2, -0.15) is 0 Å². The molecule has 1 saturated carbocycles. The predicted octanol–water partition coefficient (Wildman–Crippen LogP) is 3.36. The van der Waals surface area contributed by atoms with Gasteiger partial charge in [-0.1, -0.05) is 0 Å². The van der Waals surface area contributed by atoms with E-state index in [4.69, 9.17) is 17.0 Å². The lowest BCUT2D eigenvalue weighted by Crippen LogP contribution is -2.14. The van der Waals surface area contributed by atoms with Crippen LogP contribution in [-0.2, 0) is 4.79 Å². The van der Waals surface area contributed by atoms with Crippen molar-refractivity contribution in [3.8, 4) is 11.5 Å². The Morgan fingerprint density at radius 1 is 1.36 bits per heavy atom. The Morgan fingerprint density at radius 3 is 2.91 bits per heavy atom. The first-order chi connectivity index (χ1) is 10.7. The van der Waals surface area contributed by atoms with Gasteiger partial charge < -0.3 is 15.8 Å². The normalized spacial score (nSPS) is 13.2. The van der Waals surface area contributed by atoms with Gasteiger partial charge in [-0.05, 0) is 37.1 Å². The molecule has 3 N–H and O–H groups in total. The summed E-state index contributed by atoms with van der Waals surface area (Å²) in [7, 11) is 0. The molecule has 1 aromatic carbocycles. The molecule has 1 aliphatic carbocycles. The van der Waals surface area contributed by atoms with Gasteiger partial charge in [-0.3, -0.25) is 4.79 Å². The van der Waals surface area contributed by atoms with E-state index in [1.54, 1.807) is 36.5 Å². The Bertz CT molecular complexity index is 763. The Balaban J connectivity index is 1.78. The van der Waals surface area contributed by atoms with Crippen LogP contribution in [0.25, 0.3) is 4.85 Å². The van der Waals surface area contributed by atoms with E-state index in [2.05, 4.69) is 15.1 Å². The molecule has 22 heavy (non-hydrogen) atoms. The molecule has 110 valence electrons. The minimum Gasteiger partial charge on any atom is -0.468 e. The van der Waals surface area contributed by atoms with E-state index in [1.807, 2.05) is 0 Å². The summed E-state index contributed by atoms with van der Waals surface area (Å²) in [5, 5.41) is 2.76. The van der Waals surface area contributed by atoms with Crippen LogP contribution in [0.3, 0.4) is 0 Å². The minimum atomic E-state index is -0.0148. The van der Waals surface area contributed by atoms with Crippen LogP contribution >= 0.6 is 0 Å². The van der Waals surface area contributed by atoms with Crippen LogP contribution < -0.4 is 15.8 Å². The lowest BCUT2D eigenvalue weighted by molar-refractivity contribution is -0.117. The van der Waals surface area contributed by atoms with Crippen molar-refractivity contribution in [3.05, 3.63) is 47.9 Å². The van der Waals surface area contributed by atoms with E-state index in [-0.39, 0.29) is 11.8 Å². The highest BCUT2D eigenvalue weighted by Gasteiger charge is 2.29. The van der Waals surface area contributed by atoms with E-state index in [1.165, 1.54) is 0 Å². The van der Waals surface area contributed by atoms with Crippen LogP contribution in [0.15, 0.2) is 36.5 Å². The van der Waals surface area contributed by atoms with Crippen molar-refractivity contribution in [3.63, 3.8) is 0 Å². The Labute approximate surface area is 127 Å². The van der Waals surface area contributed by atoms with E-state index in [0.29, 0.717) is 28.7 Å². The maximum Gasteiger partial charge on any atom is 0.230 e. The van der Waals surface area contributed by atoms with Gasteiger partial charge in [-0.15, -0.1) is 0 Å². The number of hydrogen-bond acceptors (Lipinski definition) is 4. The molecule has 0 radical (unpaired) electrons. The second kappa shape index (κ2) is 5.74. The minimum absolute atomic E-state index is 0.0148. The van der Waals surface area contributed by atoms with E-state index >= 15 is 0 Å². The highest BCUT2D eigenvalue weighted by molar-refractivity contribution is 5.93. The summed E-state index contributed by atoms with van der Waals surface area (Å²) < 4.78 is 5.69.